The van der Waals surface area contributed by atoms with Crippen molar-refractivity contribution >= 4 is 11.5 Å². The SMILES string of the molecule is CCCNc1nncc(C2=CC=CC=CC=C2)n1. The average molecular weight is 240 g/mol. The van der Waals surface area contributed by atoms with Crippen molar-refractivity contribution in [2.45, 2.75) is 13.3 Å². The number of hydrogen-bond donors (Lipinski definition) is 1. The van der Waals surface area contributed by atoms with Gasteiger partial charge in [-0.2, -0.15) is 5.10 Å². The highest BCUT2D eigenvalue weighted by molar-refractivity contribution is 5.73. The second kappa shape index (κ2) is 6.49. The molecule has 2 rings (SSSR count). The Kier molecular flexibility index (Phi) is 4.41. The van der Waals surface area contributed by atoms with E-state index < -0.39 is 0 Å². The molecule has 1 N–H and O–H groups in total. The van der Waals surface area contributed by atoms with Crippen LogP contribution >= 0.6 is 0 Å². The summed E-state index contributed by atoms with van der Waals surface area (Å²) < 4.78 is 0. The molecular weight excluding hydrogens is 224 g/mol. The molecule has 1 aliphatic rings. The Morgan fingerprint density at radius 2 is 1.94 bits per heavy atom. The molecule has 0 radical (unpaired) electrons. The van der Waals surface area contributed by atoms with Crippen LogP contribution in [0.5, 0.6) is 0 Å². The summed E-state index contributed by atoms with van der Waals surface area (Å²) in [6.45, 7) is 2.95. The highest BCUT2D eigenvalue weighted by Gasteiger charge is 2.03. The second-order valence-electron chi connectivity index (χ2n) is 3.84. The van der Waals surface area contributed by atoms with Gasteiger partial charge in [0.05, 0.1) is 11.9 Å². The van der Waals surface area contributed by atoms with Gasteiger partial charge in [-0.1, -0.05) is 49.5 Å². The van der Waals surface area contributed by atoms with Crippen molar-refractivity contribution in [2.75, 3.05) is 11.9 Å². The molecule has 1 aromatic heterocycles. The van der Waals surface area contributed by atoms with E-state index in [1.165, 1.54) is 0 Å². The van der Waals surface area contributed by atoms with Gasteiger partial charge in [0.2, 0.25) is 5.95 Å². The number of rotatable bonds is 4. The summed E-state index contributed by atoms with van der Waals surface area (Å²) >= 11 is 0. The molecule has 0 saturated heterocycles. The van der Waals surface area contributed by atoms with Crippen LogP contribution in [0.2, 0.25) is 0 Å². The molecule has 0 unspecified atom stereocenters. The van der Waals surface area contributed by atoms with E-state index in [0.717, 1.165) is 24.2 Å². The fourth-order valence-corrected chi connectivity index (χ4v) is 1.49. The third kappa shape index (κ3) is 3.38. The monoisotopic (exact) mass is 240 g/mol. The van der Waals surface area contributed by atoms with Crippen LogP contribution in [0.3, 0.4) is 0 Å². The summed E-state index contributed by atoms with van der Waals surface area (Å²) in [5.74, 6) is 0.574. The minimum atomic E-state index is 0.574. The van der Waals surface area contributed by atoms with Crippen LogP contribution in [-0.4, -0.2) is 21.7 Å². The van der Waals surface area contributed by atoms with Gasteiger partial charge in [0.25, 0.3) is 0 Å². The molecule has 0 aromatic carbocycles. The summed E-state index contributed by atoms with van der Waals surface area (Å²) in [6.07, 6.45) is 16.6. The van der Waals surface area contributed by atoms with Crippen LogP contribution in [0.15, 0.2) is 48.7 Å². The molecule has 0 aliphatic heterocycles. The quantitative estimate of drug-likeness (QED) is 0.879. The van der Waals surface area contributed by atoms with Crippen molar-refractivity contribution in [3.05, 3.63) is 54.4 Å². The lowest BCUT2D eigenvalue weighted by Gasteiger charge is -2.05. The molecule has 4 nitrogen and oxygen atoms in total. The zero-order chi connectivity index (χ0) is 12.6. The maximum absolute atomic E-state index is 4.44. The summed E-state index contributed by atoms with van der Waals surface area (Å²) in [6, 6.07) is 0. The van der Waals surface area contributed by atoms with Gasteiger partial charge < -0.3 is 5.32 Å². The molecule has 0 fully saturated rings. The lowest BCUT2D eigenvalue weighted by molar-refractivity contribution is 0.906. The molecule has 18 heavy (non-hydrogen) atoms. The zero-order valence-electron chi connectivity index (χ0n) is 10.4. The van der Waals surface area contributed by atoms with Crippen LogP contribution in [0.1, 0.15) is 19.0 Å². The van der Waals surface area contributed by atoms with E-state index in [1.54, 1.807) is 6.20 Å². The van der Waals surface area contributed by atoms with E-state index in [0.29, 0.717) is 5.95 Å². The van der Waals surface area contributed by atoms with Crippen molar-refractivity contribution in [3.63, 3.8) is 0 Å². The Morgan fingerprint density at radius 1 is 1.11 bits per heavy atom. The number of nitrogens with one attached hydrogen (secondary N) is 1. The average Bonchev–Trinajstić information content (AvgIpc) is 2.36. The Labute approximate surface area is 107 Å². The van der Waals surface area contributed by atoms with Crippen LogP contribution in [0, 0.1) is 0 Å². The van der Waals surface area contributed by atoms with Crippen molar-refractivity contribution in [3.8, 4) is 0 Å². The first kappa shape index (κ1) is 12.2. The van der Waals surface area contributed by atoms with Gasteiger partial charge in [0.1, 0.15) is 0 Å². The van der Waals surface area contributed by atoms with Gasteiger partial charge in [-0.05, 0) is 6.42 Å². The topological polar surface area (TPSA) is 50.7 Å². The Bertz CT molecular complexity index is 512. The van der Waals surface area contributed by atoms with Crippen molar-refractivity contribution in [1.29, 1.82) is 0 Å². The largest absolute Gasteiger partial charge is 0.353 e. The third-order valence-corrected chi connectivity index (χ3v) is 2.38. The predicted molar refractivity (Wildman–Crippen MR) is 74.0 cm³/mol. The minimum Gasteiger partial charge on any atom is -0.353 e. The molecule has 1 aliphatic carbocycles. The fraction of sp³-hybridized carbons (Fsp3) is 0.214. The molecule has 0 saturated carbocycles. The minimum absolute atomic E-state index is 0.574. The smallest absolute Gasteiger partial charge is 0.243 e. The number of allylic oxidation sites excluding steroid dienone is 8. The van der Waals surface area contributed by atoms with E-state index in [-0.39, 0.29) is 0 Å². The lowest BCUT2D eigenvalue weighted by Crippen LogP contribution is -2.06. The Hall–Kier alpha value is -2.23. The second-order valence-corrected chi connectivity index (χ2v) is 3.84. The van der Waals surface area contributed by atoms with E-state index in [9.17, 15) is 0 Å². The summed E-state index contributed by atoms with van der Waals surface area (Å²) in [5.41, 5.74) is 1.84. The van der Waals surface area contributed by atoms with Crippen LogP contribution in [-0.2, 0) is 0 Å². The first-order valence-electron chi connectivity index (χ1n) is 6.06. The molecule has 1 aromatic rings. The molecule has 0 spiro atoms. The number of aromatic nitrogens is 3. The third-order valence-electron chi connectivity index (χ3n) is 2.38. The van der Waals surface area contributed by atoms with Crippen LogP contribution < -0.4 is 5.32 Å². The van der Waals surface area contributed by atoms with Gasteiger partial charge in [0.15, 0.2) is 0 Å². The van der Waals surface area contributed by atoms with Gasteiger partial charge >= 0.3 is 0 Å². The highest BCUT2D eigenvalue weighted by Crippen LogP contribution is 2.14. The van der Waals surface area contributed by atoms with E-state index >= 15 is 0 Å². The molecule has 0 amide bonds. The Balaban J connectivity index is 2.22. The summed E-state index contributed by atoms with van der Waals surface area (Å²) in [7, 11) is 0. The first-order valence-corrected chi connectivity index (χ1v) is 6.06. The van der Waals surface area contributed by atoms with Crippen molar-refractivity contribution < 1.29 is 0 Å². The number of nitrogens with zero attached hydrogens (tertiary/aromatic N) is 3. The molecule has 92 valence electrons. The van der Waals surface area contributed by atoms with E-state index in [1.807, 2.05) is 42.5 Å². The maximum Gasteiger partial charge on any atom is 0.243 e. The first-order chi connectivity index (χ1) is 8.90. The lowest BCUT2D eigenvalue weighted by atomic mass is 10.1. The predicted octanol–water partition coefficient (Wildman–Crippen LogP) is 2.76. The van der Waals surface area contributed by atoms with E-state index in [4.69, 9.17) is 0 Å². The number of hydrogen-bond acceptors (Lipinski definition) is 4. The summed E-state index contributed by atoms with van der Waals surface area (Å²) in [5, 5.41) is 11.1. The zero-order valence-corrected chi connectivity index (χ0v) is 10.4. The number of anilines is 1. The van der Waals surface area contributed by atoms with Crippen LogP contribution in [0.4, 0.5) is 5.95 Å². The molecule has 0 atom stereocenters. The van der Waals surface area contributed by atoms with Gasteiger partial charge in [-0.3, -0.25) is 0 Å². The van der Waals surface area contributed by atoms with Crippen molar-refractivity contribution in [1.82, 2.24) is 15.2 Å². The van der Waals surface area contributed by atoms with Gasteiger partial charge in [0, 0.05) is 12.1 Å². The molecule has 0 bridgehead atoms. The summed E-state index contributed by atoms with van der Waals surface area (Å²) in [4.78, 5) is 4.44. The van der Waals surface area contributed by atoms with Crippen LogP contribution in [0.25, 0.3) is 5.57 Å². The maximum atomic E-state index is 4.44. The van der Waals surface area contributed by atoms with Crippen molar-refractivity contribution in [2.24, 2.45) is 0 Å². The fourth-order valence-electron chi connectivity index (χ4n) is 1.49. The van der Waals surface area contributed by atoms with Gasteiger partial charge in [-0.15, -0.1) is 5.10 Å². The normalized spacial score (nSPS) is 13.9. The van der Waals surface area contributed by atoms with Gasteiger partial charge in [-0.25, -0.2) is 4.98 Å². The Morgan fingerprint density at radius 3 is 2.83 bits per heavy atom. The molecule has 4 heteroatoms. The molecule has 1 heterocycles. The molecular formula is C14H16N4. The highest BCUT2D eigenvalue weighted by atomic mass is 15.2. The van der Waals surface area contributed by atoms with E-state index in [2.05, 4.69) is 27.4 Å². The standard InChI is InChI=1S/C14H16N4/c1-2-10-15-14-17-13(11-16-18-14)12-8-6-4-3-5-7-9-12/h3-9,11H,2,10H2,1H3,(H,15,17,18).